The summed E-state index contributed by atoms with van der Waals surface area (Å²) in [7, 11) is 0. The van der Waals surface area contributed by atoms with Gasteiger partial charge in [-0.2, -0.15) is 0 Å². The zero-order valence-electron chi connectivity index (χ0n) is 9.32. The first kappa shape index (κ1) is 11.4. The van der Waals surface area contributed by atoms with Crippen LogP contribution in [0, 0.1) is 11.8 Å². The second-order valence-electron chi connectivity index (χ2n) is 4.54. The van der Waals surface area contributed by atoms with Crippen LogP contribution in [-0.4, -0.2) is 6.29 Å². The zero-order valence-corrected chi connectivity index (χ0v) is 10.1. The largest absolute Gasteiger partial charge is 0.303 e. The molecule has 0 heterocycles. The Bertz CT molecular complexity index is 405. The molecule has 2 unspecified atom stereocenters. The molecule has 1 aliphatic rings. The quantitative estimate of drug-likeness (QED) is 0.708. The number of halogens is 1. The highest BCUT2D eigenvalue weighted by atomic mass is 35.5. The number of hydrogen-bond donors (Lipinski definition) is 0. The standard InChI is InChI=1S/C14H15ClO/c1-10-6-11(9-16)8-13(7-10)12-2-4-14(15)5-3-12/h2-5,8-11H,6-7H2,1H3. The van der Waals surface area contributed by atoms with Crippen LogP contribution in [0.5, 0.6) is 0 Å². The van der Waals surface area contributed by atoms with Gasteiger partial charge in [0, 0.05) is 10.9 Å². The van der Waals surface area contributed by atoms with Crippen molar-refractivity contribution in [3.63, 3.8) is 0 Å². The van der Waals surface area contributed by atoms with Gasteiger partial charge in [0.25, 0.3) is 0 Å². The van der Waals surface area contributed by atoms with Crippen LogP contribution >= 0.6 is 11.6 Å². The highest BCUT2D eigenvalue weighted by Crippen LogP contribution is 2.33. The Morgan fingerprint density at radius 3 is 2.62 bits per heavy atom. The van der Waals surface area contributed by atoms with Crippen molar-refractivity contribution in [1.29, 1.82) is 0 Å². The normalized spacial score (nSPS) is 25.0. The van der Waals surface area contributed by atoms with Crippen LogP contribution in [0.25, 0.3) is 5.57 Å². The summed E-state index contributed by atoms with van der Waals surface area (Å²) >= 11 is 5.86. The van der Waals surface area contributed by atoms with Gasteiger partial charge in [-0.1, -0.05) is 36.7 Å². The zero-order chi connectivity index (χ0) is 11.5. The Morgan fingerprint density at radius 1 is 1.31 bits per heavy atom. The van der Waals surface area contributed by atoms with Crippen LogP contribution in [0.4, 0.5) is 0 Å². The fourth-order valence-electron chi connectivity index (χ4n) is 2.29. The summed E-state index contributed by atoms with van der Waals surface area (Å²) in [5.41, 5.74) is 2.45. The van der Waals surface area contributed by atoms with Gasteiger partial charge < -0.3 is 4.79 Å². The van der Waals surface area contributed by atoms with Gasteiger partial charge in [0.1, 0.15) is 6.29 Å². The van der Waals surface area contributed by atoms with Gasteiger partial charge in [0.2, 0.25) is 0 Å². The second-order valence-corrected chi connectivity index (χ2v) is 4.98. The number of hydrogen-bond acceptors (Lipinski definition) is 1. The fourth-order valence-corrected chi connectivity index (χ4v) is 2.42. The number of carbonyl (C=O) groups is 1. The van der Waals surface area contributed by atoms with Crippen molar-refractivity contribution in [1.82, 2.24) is 0 Å². The number of allylic oxidation sites excluding steroid dienone is 2. The summed E-state index contributed by atoms with van der Waals surface area (Å²) in [4.78, 5) is 10.9. The third kappa shape index (κ3) is 2.53. The van der Waals surface area contributed by atoms with Crippen molar-refractivity contribution in [2.24, 2.45) is 11.8 Å². The number of benzene rings is 1. The van der Waals surface area contributed by atoms with E-state index in [4.69, 9.17) is 11.6 Å². The van der Waals surface area contributed by atoms with E-state index in [9.17, 15) is 4.79 Å². The first-order chi connectivity index (χ1) is 7.69. The predicted octanol–water partition coefficient (Wildman–Crippen LogP) is 3.97. The maximum absolute atomic E-state index is 10.9. The summed E-state index contributed by atoms with van der Waals surface area (Å²) < 4.78 is 0. The maximum atomic E-state index is 10.9. The molecule has 0 fully saturated rings. The van der Waals surface area contributed by atoms with Gasteiger partial charge in [-0.05, 0) is 42.0 Å². The van der Waals surface area contributed by atoms with Crippen LogP contribution in [0.3, 0.4) is 0 Å². The molecule has 0 radical (unpaired) electrons. The highest BCUT2D eigenvalue weighted by Gasteiger charge is 2.19. The van der Waals surface area contributed by atoms with Gasteiger partial charge in [-0.3, -0.25) is 0 Å². The monoisotopic (exact) mass is 234 g/mol. The average molecular weight is 235 g/mol. The molecule has 2 rings (SSSR count). The fraction of sp³-hybridized carbons (Fsp3) is 0.357. The van der Waals surface area contributed by atoms with Gasteiger partial charge in [-0.25, -0.2) is 0 Å². The number of carbonyl (C=O) groups excluding carboxylic acids is 1. The summed E-state index contributed by atoms with van der Waals surface area (Å²) in [6.07, 6.45) is 5.16. The van der Waals surface area contributed by atoms with E-state index >= 15 is 0 Å². The van der Waals surface area contributed by atoms with E-state index in [1.807, 2.05) is 24.3 Å². The molecule has 0 saturated heterocycles. The molecule has 1 nitrogen and oxygen atoms in total. The van der Waals surface area contributed by atoms with E-state index in [1.54, 1.807) is 0 Å². The molecule has 1 aromatic carbocycles. The molecular weight excluding hydrogens is 220 g/mol. The first-order valence-corrected chi connectivity index (χ1v) is 5.99. The highest BCUT2D eigenvalue weighted by molar-refractivity contribution is 6.30. The van der Waals surface area contributed by atoms with E-state index < -0.39 is 0 Å². The van der Waals surface area contributed by atoms with Crippen LogP contribution in [0.1, 0.15) is 25.3 Å². The van der Waals surface area contributed by atoms with E-state index in [0.717, 1.165) is 24.2 Å². The molecule has 2 atom stereocenters. The Morgan fingerprint density at radius 2 is 2.00 bits per heavy atom. The molecule has 0 amide bonds. The Hall–Kier alpha value is -1.08. The smallest absolute Gasteiger partial charge is 0.126 e. The molecule has 0 N–H and O–H groups in total. The third-order valence-electron chi connectivity index (χ3n) is 3.05. The molecule has 0 aliphatic heterocycles. The van der Waals surface area contributed by atoms with Crippen molar-refractivity contribution < 1.29 is 4.79 Å². The lowest BCUT2D eigenvalue weighted by Gasteiger charge is -2.23. The minimum atomic E-state index is 0.0782. The Balaban J connectivity index is 2.28. The van der Waals surface area contributed by atoms with E-state index in [0.29, 0.717) is 5.92 Å². The van der Waals surface area contributed by atoms with Crippen LogP contribution in [0.2, 0.25) is 5.02 Å². The molecule has 1 aromatic rings. The molecule has 0 spiro atoms. The molecule has 0 aromatic heterocycles. The lowest BCUT2D eigenvalue weighted by Crippen LogP contribution is -2.12. The lowest BCUT2D eigenvalue weighted by molar-refractivity contribution is -0.110. The van der Waals surface area contributed by atoms with Crippen LogP contribution < -0.4 is 0 Å². The SMILES string of the molecule is CC1CC(c2ccc(Cl)cc2)=CC(C=O)C1. The van der Waals surface area contributed by atoms with Gasteiger partial charge >= 0.3 is 0 Å². The lowest BCUT2D eigenvalue weighted by atomic mass is 9.81. The van der Waals surface area contributed by atoms with Gasteiger partial charge in [0.15, 0.2) is 0 Å². The summed E-state index contributed by atoms with van der Waals surface area (Å²) in [6.45, 7) is 2.19. The van der Waals surface area contributed by atoms with Crippen LogP contribution in [-0.2, 0) is 4.79 Å². The maximum Gasteiger partial charge on any atom is 0.126 e. The van der Waals surface area contributed by atoms with Crippen molar-refractivity contribution in [2.75, 3.05) is 0 Å². The van der Waals surface area contributed by atoms with Gasteiger partial charge in [0.05, 0.1) is 0 Å². The van der Waals surface area contributed by atoms with Crippen molar-refractivity contribution >= 4 is 23.5 Å². The third-order valence-corrected chi connectivity index (χ3v) is 3.30. The Kier molecular flexibility index (Phi) is 3.45. The molecule has 16 heavy (non-hydrogen) atoms. The van der Waals surface area contributed by atoms with E-state index in [1.165, 1.54) is 11.1 Å². The number of rotatable bonds is 2. The average Bonchev–Trinajstić information content (AvgIpc) is 2.29. The van der Waals surface area contributed by atoms with E-state index in [2.05, 4.69) is 13.0 Å². The summed E-state index contributed by atoms with van der Waals surface area (Å²) in [5, 5.41) is 0.750. The van der Waals surface area contributed by atoms with Crippen molar-refractivity contribution in [3.05, 3.63) is 40.9 Å². The first-order valence-electron chi connectivity index (χ1n) is 5.61. The molecule has 0 bridgehead atoms. The van der Waals surface area contributed by atoms with Crippen LogP contribution in [0.15, 0.2) is 30.3 Å². The minimum absolute atomic E-state index is 0.0782. The van der Waals surface area contributed by atoms with Crippen molar-refractivity contribution in [2.45, 2.75) is 19.8 Å². The molecular formula is C14H15ClO. The Labute approximate surface area is 101 Å². The summed E-state index contributed by atoms with van der Waals surface area (Å²) in [5.74, 6) is 0.653. The minimum Gasteiger partial charge on any atom is -0.303 e. The molecule has 0 saturated carbocycles. The predicted molar refractivity (Wildman–Crippen MR) is 67.4 cm³/mol. The number of aldehydes is 1. The topological polar surface area (TPSA) is 17.1 Å². The molecule has 1 aliphatic carbocycles. The van der Waals surface area contributed by atoms with Gasteiger partial charge in [-0.15, -0.1) is 0 Å². The van der Waals surface area contributed by atoms with E-state index in [-0.39, 0.29) is 5.92 Å². The van der Waals surface area contributed by atoms with Crippen molar-refractivity contribution in [3.8, 4) is 0 Å². The molecule has 84 valence electrons. The molecule has 2 heteroatoms. The summed E-state index contributed by atoms with van der Waals surface area (Å²) in [6, 6.07) is 7.84. The second kappa shape index (κ2) is 4.84.